The Morgan fingerprint density at radius 2 is 2.12 bits per heavy atom. The summed E-state index contributed by atoms with van der Waals surface area (Å²) in [6.45, 7) is 6.70. The smallest absolute Gasteiger partial charge is 0.224 e. The highest BCUT2D eigenvalue weighted by Gasteiger charge is 2.17. The van der Waals surface area contributed by atoms with Crippen LogP contribution in [0.3, 0.4) is 0 Å². The molecule has 134 valence electrons. The molecule has 1 aromatic heterocycles. The van der Waals surface area contributed by atoms with Gasteiger partial charge < -0.3 is 10.6 Å². The number of aromatic nitrogens is 2. The molecule has 0 saturated carbocycles. The lowest BCUT2D eigenvalue weighted by molar-refractivity contribution is -0.120. The van der Waals surface area contributed by atoms with Crippen molar-refractivity contribution in [3.8, 4) is 5.69 Å². The number of benzene rings is 1. The van der Waals surface area contributed by atoms with Gasteiger partial charge in [-0.2, -0.15) is 5.10 Å². The van der Waals surface area contributed by atoms with Crippen LogP contribution in [0, 0.1) is 25.6 Å². The van der Waals surface area contributed by atoms with Crippen LogP contribution >= 0.6 is 0 Å². The van der Waals surface area contributed by atoms with Gasteiger partial charge in [0.25, 0.3) is 0 Å². The van der Waals surface area contributed by atoms with Gasteiger partial charge in [0, 0.05) is 17.8 Å². The minimum absolute atomic E-state index is 0.0239. The molecule has 2 heterocycles. The van der Waals surface area contributed by atoms with E-state index in [0.717, 1.165) is 48.7 Å². The molecule has 2 aromatic rings. The van der Waals surface area contributed by atoms with Gasteiger partial charge in [0.05, 0.1) is 17.8 Å². The molecule has 1 aromatic carbocycles. The van der Waals surface area contributed by atoms with Crippen LogP contribution in [-0.2, 0) is 11.2 Å². The van der Waals surface area contributed by atoms with Crippen molar-refractivity contribution in [1.29, 1.82) is 0 Å². The SMILES string of the molecule is Cc1nn(-c2ccc(F)cc2)c(C)c1CC(=O)NCCC1CCNC1. The second kappa shape index (κ2) is 7.78. The van der Waals surface area contributed by atoms with E-state index in [9.17, 15) is 9.18 Å². The van der Waals surface area contributed by atoms with Crippen LogP contribution in [-0.4, -0.2) is 35.3 Å². The summed E-state index contributed by atoms with van der Waals surface area (Å²) < 4.78 is 14.9. The van der Waals surface area contributed by atoms with Crippen LogP contribution in [0.4, 0.5) is 4.39 Å². The summed E-state index contributed by atoms with van der Waals surface area (Å²) >= 11 is 0. The van der Waals surface area contributed by atoms with Crippen molar-refractivity contribution in [2.45, 2.75) is 33.1 Å². The summed E-state index contributed by atoms with van der Waals surface area (Å²) in [6, 6.07) is 6.20. The highest BCUT2D eigenvalue weighted by Crippen LogP contribution is 2.19. The van der Waals surface area contributed by atoms with E-state index in [1.165, 1.54) is 18.6 Å². The average Bonchev–Trinajstić information content (AvgIpc) is 3.19. The molecule has 6 heteroatoms. The molecule has 1 amide bonds. The maximum Gasteiger partial charge on any atom is 0.224 e. The molecule has 2 N–H and O–H groups in total. The first-order chi connectivity index (χ1) is 12.0. The molecule has 3 rings (SSSR count). The molecule has 25 heavy (non-hydrogen) atoms. The molecule has 0 aliphatic carbocycles. The second-order valence-electron chi connectivity index (χ2n) is 6.71. The Labute approximate surface area is 147 Å². The van der Waals surface area contributed by atoms with E-state index >= 15 is 0 Å². The number of rotatable bonds is 6. The minimum atomic E-state index is -0.276. The highest BCUT2D eigenvalue weighted by atomic mass is 19.1. The number of aryl methyl sites for hydroxylation is 1. The lowest BCUT2D eigenvalue weighted by Gasteiger charge is -2.10. The predicted molar refractivity (Wildman–Crippen MR) is 95.3 cm³/mol. The molecule has 0 bridgehead atoms. The first-order valence-corrected chi connectivity index (χ1v) is 8.83. The normalized spacial score (nSPS) is 17.0. The van der Waals surface area contributed by atoms with Gasteiger partial charge >= 0.3 is 0 Å². The van der Waals surface area contributed by atoms with E-state index in [0.29, 0.717) is 12.3 Å². The summed E-state index contributed by atoms with van der Waals surface area (Å²) in [6.07, 6.45) is 2.53. The Hall–Kier alpha value is -2.21. The molecule has 1 fully saturated rings. The van der Waals surface area contributed by atoms with Gasteiger partial charge in [0.2, 0.25) is 5.91 Å². The van der Waals surface area contributed by atoms with Gasteiger partial charge in [0.15, 0.2) is 0 Å². The molecule has 0 radical (unpaired) electrons. The van der Waals surface area contributed by atoms with Gasteiger partial charge in [-0.15, -0.1) is 0 Å². The fourth-order valence-electron chi connectivity index (χ4n) is 3.36. The fourth-order valence-corrected chi connectivity index (χ4v) is 3.36. The first kappa shape index (κ1) is 17.6. The standard InChI is InChI=1S/C19H25FN4O/c1-13-18(11-19(25)22-10-8-15-7-9-21-12-15)14(2)24(23-13)17-5-3-16(20)4-6-17/h3-6,15,21H,7-12H2,1-2H3,(H,22,25). The number of carbonyl (C=O) groups is 1. The van der Waals surface area contributed by atoms with Gasteiger partial charge in [-0.1, -0.05) is 0 Å². The number of carbonyl (C=O) groups excluding carboxylic acids is 1. The van der Waals surface area contributed by atoms with Gasteiger partial charge in [-0.05, 0) is 70.0 Å². The Kier molecular flexibility index (Phi) is 5.48. The number of nitrogens with one attached hydrogen (secondary N) is 2. The first-order valence-electron chi connectivity index (χ1n) is 8.83. The summed E-state index contributed by atoms with van der Waals surface area (Å²) in [5.74, 6) is 0.420. The topological polar surface area (TPSA) is 59.0 Å². The molecule has 1 unspecified atom stereocenters. The average molecular weight is 344 g/mol. The summed E-state index contributed by atoms with van der Waals surface area (Å²) in [5, 5.41) is 10.9. The van der Waals surface area contributed by atoms with E-state index < -0.39 is 0 Å². The molecule has 5 nitrogen and oxygen atoms in total. The van der Waals surface area contributed by atoms with Crippen molar-refractivity contribution in [3.63, 3.8) is 0 Å². The Morgan fingerprint density at radius 3 is 2.80 bits per heavy atom. The van der Waals surface area contributed by atoms with E-state index in [1.54, 1.807) is 16.8 Å². The van der Waals surface area contributed by atoms with Crippen LogP contribution in [0.25, 0.3) is 5.69 Å². The van der Waals surface area contributed by atoms with Gasteiger partial charge in [0.1, 0.15) is 5.82 Å². The third-order valence-electron chi connectivity index (χ3n) is 4.89. The predicted octanol–water partition coefficient (Wildman–Crippen LogP) is 2.29. The number of nitrogens with zero attached hydrogens (tertiary/aromatic N) is 2. The van der Waals surface area contributed by atoms with Crippen molar-refractivity contribution in [2.75, 3.05) is 19.6 Å². The Bertz CT molecular complexity index is 733. The third-order valence-corrected chi connectivity index (χ3v) is 4.89. The lowest BCUT2D eigenvalue weighted by atomic mass is 10.1. The zero-order chi connectivity index (χ0) is 17.8. The second-order valence-corrected chi connectivity index (χ2v) is 6.71. The van der Waals surface area contributed by atoms with E-state index in [1.807, 2.05) is 13.8 Å². The fraction of sp³-hybridized carbons (Fsp3) is 0.474. The lowest BCUT2D eigenvalue weighted by Crippen LogP contribution is -2.28. The van der Waals surface area contributed by atoms with Crippen LogP contribution in [0.2, 0.25) is 0 Å². The number of hydrogen-bond donors (Lipinski definition) is 2. The Morgan fingerprint density at radius 1 is 1.36 bits per heavy atom. The van der Waals surface area contributed by atoms with Crippen molar-refractivity contribution >= 4 is 5.91 Å². The molecule has 1 aliphatic heterocycles. The van der Waals surface area contributed by atoms with Gasteiger partial charge in [-0.25, -0.2) is 9.07 Å². The molecule has 1 aliphatic rings. The van der Waals surface area contributed by atoms with E-state index in [2.05, 4.69) is 15.7 Å². The quantitative estimate of drug-likeness (QED) is 0.845. The van der Waals surface area contributed by atoms with Crippen LogP contribution < -0.4 is 10.6 Å². The Balaban J connectivity index is 1.62. The van der Waals surface area contributed by atoms with E-state index in [-0.39, 0.29) is 11.7 Å². The zero-order valence-corrected chi connectivity index (χ0v) is 14.8. The maximum atomic E-state index is 13.1. The van der Waals surface area contributed by atoms with Crippen LogP contribution in [0.1, 0.15) is 29.8 Å². The summed E-state index contributed by atoms with van der Waals surface area (Å²) in [7, 11) is 0. The number of amides is 1. The monoisotopic (exact) mass is 344 g/mol. The van der Waals surface area contributed by atoms with Crippen LogP contribution in [0.5, 0.6) is 0 Å². The third kappa shape index (κ3) is 4.25. The van der Waals surface area contributed by atoms with Crippen molar-refractivity contribution in [2.24, 2.45) is 5.92 Å². The van der Waals surface area contributed by atoms with E-state index in [4.69, 9.17) is 0 Å². The largest absolute Gasteiger partial charge is 0.356 e. The minimum Gasteiger partial charge on any atom is -0.356 e. The summed E-state index contributed by atoms with van der Waals surface area (Å²) in [5.41, 5.74) is 3.47. The molecule has 0 spiro atoms. The van der Waals surface area contributed by atoms with Crippen molar-refractivity contribution < 1.29 is 9.18 Å². The maximum absolute atomic E-state index is 13.1. The van der Waals surface area contributed by atoms with Gasteiger partial charge in [-0.3, -0.25) is 4.79 Å². The zero-order valence-electron chi connectivity index (χ0n) is 14.8. The molecule has 1 saturated heterocycles. The van der Waals surface area contributed by atoms with Crippen LogP contribution in [0.15, 0.2) is 24.3 Å². The number of hydrogen-bond acceptors (Lipinski definition) is 3. The molecular formula is C19H25FN4O. The highest BCUT2D eigenvalue weighted by molar-refractivity contribution is 5.79. The summed E-state index contributed by atoms with van der Waals surface area (Å²) in [4.78, 5) is 12.3. The van der Waals surface area contributed by atoms with Crippen molar-refractivity contribution in [1.82, 2.24) is 20.4 Å². The molecular weight excluding hydrogens is 319 g/mol. The number of halogens is 1. The van der Waals surface area contributed by atoms with Crippen molar-refractivity contribution in [3.05, 3.63) is 47.0 Å². The molecule has 1 atom stereocenters.